The molecule has 0 aliphatic carbocycles. The van der Waals surface area contributed by atoms with Crippen LogP contribution in [0.4, 0.5) is 5.82 Å². The second-order valence-corrected chi connectivity index (χ2v) is 3.18. The molecule has 7 nitrogen and oxygen atoms in total. The van der Waals surface area contributed by atoms with Gasteiger partial charge in [0, 0.05) is 6.20 Å². The number of anilines is 1. The molecule has 0 bridgehead atoms. The Labute approximate surface area is 85.2 Å². The Hall–Kier alpha value is -1.73. The second-order valence-electron chi connectivity index (χ2n) is 3.18. The third kappa shape index (κ3) is 1.88. The Morgan fingerprint density at radius 1 is 1.47 bits per heavy atom. The first-order valence-corrected chi connectivity index (χ1v) is 4.43. The Kier molecular flexibility index (Phi) is 2.48. The van der Waals surface area contributed by atoms with E-state index in [-0.39, 0.29) is 13.2 Å². The molecule has 0 saturated carbocycles. The summed E-state index contributed by atoms with van der Waals surface area (Å²) in [6.45, 7) is -0.107. The van der Waals surface area contributed by atoms with E-state index in [1.165, 1.54) is 11.0 Å². The molecule has 1 unspecified atom stereocenters. The van der Waals surface area contributed by atoms with Gasteiger partial charge in [0.05, 0.1) is 24.6 Å². The van der Waals surface area contributed by atoms with E-state index in [1.54, 1.807) is 6.20 Å². The summed E-state index contributed by atoms with van der Waals surface area (Å²) in [4.78, 5) is 7.75. The van der Waals surface area contributed by atoms with Gasteiger partial charge in [-0.05, 0) is 0 Å². The van der Waals surface area contributed by atoms with Gasteiger partial charge in [0.25, 0.3) is 0 Å². The molecular weight excluding hydrogens is 198 g/mol. The SMILES string of the molecule is Nc1ncnc2nn(CC(O)CO)cc12. The minimum absolute atomic E-state index is 0.201. The number of aliphatic hydroxyl groups excluding tert-OH is 2. The fraction of sp³-hybridized carbons (Fsp3) is 0.375. The molecule has 7 heteroatoms. The van der Waals surface area contributed by atoms with Gasteiger partial charge in [-0.2, -0.15) is 5.10 Å². The molecule has 15 heavy (non-hydrogen) atoms. The van der Waals surface area contributed by atoms with Crippen LogP contribution in [0.2, 0.25) is 0 Å². The predicted molar refractivity (Wildman–Crippen MR) is 52.8 cm³/mol. The van der Waals surface area contributed by atoms with Crippen LogP contribution in [0, 0.1) is 0 Å². The number of rotatable bonds is 3. The summed E-state index contributed by atoms with van der Waals surface area (Å²) in [7, 11) is 0. The van der Waals surface area contributed by atoms with Crippen molar-refractivity contribution in [2.75, 3.05) is 12.3 Å². The maximum atomic E-state index is 9.23. The Bertz CT molecular complexity index is 469. The first-order chi connectivity index (χ1) is 7.20. The molecule has 0 fully saturated rings. The molecule has 1 atom stereocenters. The van der Waals surface area contributed by atoms with Crippen molar-refractivity contribution >= 4 is 16.9 Å². The smallest absolute Gasteiger partial charge is 0.186 e. The molecule has 2 heterocycles. The number of aliphatic hydroxyl groups is 2. The van der Waals surface area contributed by atoms with Gasteiger partial charge in [0.2, 0.25) is 0 Å². The third-order valence-electron chi connectivity index (χ3n) is 2.00. The van der Waals surface area contributed by atoms with E-state index in [0.717, 1.165) is 0 Å². The molecule has 0 saturated heterocycles. The normalized spacial score (nSPS) is 13.2. The van der Waals surface area contributed by atoms with E-state index in [9.17, 15) is 5.11 Å². The molecule has 0 aliphatic rings. The molecular formula is C8H11N5O2. The molecule has 2 aromatic heterocycles. The average Bonchev–Trinajstić information content (AvgIpc) is 2.62. The number of nitrogen functional groups attached to an aromatic ring is 1. The van der Waals surface area contributed by atoms with E-state index in [1.807, 2.05) is 0 Å². The quantitative estimate of drug-likeness (QED) is 0.583. The lowest BCUT2D eigenvalue weighted by molar-refractivity contribution is 0.0784. The summed E-state index contributed by atoms with van der Waals surface area (Å²) in [6.07, 6.45) is 2.13. The van der Waals surface area contributed by atoms with Gasteiger partial charge in [-0.1, -0.05) is 0 Å². The van der Waals surface area contributed by atoms with Crippen molar-refractivity contribution in [2.45, 2.75) is 12.6 Å². The van der Waals surface area contributed by atoms with Crippen LogP contribution >= 0.6 is 0 Å². The van der Waals surface area contributed by atoms with Gasteiger partial charge in [-0.15, -0.1) is 0 Å². The summed E-state index contributed by atoms with van der Waals surface area (Å²) < 4.78 is 1.48. The van der Waals surface area contributed by atoms with Crippen LogP contribution in [-0.2, 0) is 6.54 Å². The average molecular weight is 209 g/mol. The van der Waals surface area contributed by atoms with E-state index in [0.29, 0.717) is 16.9 Å². The molecule has 2 rings (SSSR count). The topological polar surface area (TPSA) is 110 Å². The molecule has 4 N–H and O–H groups in total. The van der Waals surface area contributed by atoms with E-state index in [2.05, 4.69) is 15.1 Å². The number of nitrogens with zero attached hydrogens (tertiary/aromatic N) is 4. The van der Waals surface area contributed by atoms with Crippen molar-refractivity contribution in [2.24, 2.45) is 0 Å². The summed E-state index contributed by atoms with van der Waals surface area (Å²) >= 11 is 0. The second kappa shape index (κ2) is 3.79. The highest BCUT2D eigenvalue weighted by atomic mass is 16.3. The van der Waals surface area contributed by atoms with Crippen LogP contribution < -0.4 is 5.73 Å². The standard InChI is InChI=1S/C8H11N5O2/c9-7-6-2-13(1-5(15)3-14)12-8(6)11-4-10-7/h2,4-5,14-15H,1,3H2,(H2,9,10,11,12). The van der Waals surface area contributed by atoms with Gasteiger partial charge in [-0.25, -0.2) is 9.97 Å². The van der Waals surface area contributed by atoms with Gasteiger partial charge in [0.15, 0.2) is 5.65 Å². The minimum atomic E-state index is -0.839. The third-order valence-corrected chi connectivity index (χ3v) is 2.00. The first-order valence-electron chi connectivity index (χ1n) is 4.43. The van der Waals surface area contributed by atoms with Crippen molar-refractivity contribution in [3.8, 4) is 0 Å². The lowest BCUT2D eigenvalue weighted by atomic mass is 10.4. The summed E-state index contributed by atoms with van der Waals surface area (Å²) in [5.74, 6) is 0.352. The van der Waals surface area contributed by atoms with Gasteiger partial charge < -0.3 is 15.9 Å². The Morgan fingerprint density at radius 3 is 2.93 bits per heavy atom. The van der Waals surface area contributed by atoms with Crippen molar-refractivity contribution in [1.82, 2.24) is 19.7 Å². The van der Waals surface area contributed by atoms with Crippen LogP contribution in [0.5, 0.6) is 0 Å². The fourth-order valence-electron chi connectivity index (χ4n) is 1.27. The van der Waals surface area contributed by atoms with Crippen LogP contribution in [-0.4, -0.2) is 42.7 Å². The molecule has 2 aromatic rings. The van der Waals surface area contributed by atoms with E-state index in [4.69, 9.17) is 10.8 Å². The lowest BCUT2D eigenvalue weighted by Gasteiger charge is -2.05. The Morgan fingerprint density at radius 2 is 2.27 bits per heavy atom. The number of fused-ring (bicyclic) bond motifs is 1. The summed E-state index contributed by atoms with van der Waals surface area (Å²) in [5, 5.41) is 22.6. The minimum Gasteiger partial charge on any atom is -0.394 e. The predicted octanol–water partition coefficient (Wildman–Crippen LogP) is -1.24. The number of aromatic nitrogens is 4. The molecule has 0 aliphatic heterocycles. The maximum absolute atomic E-state index is 9.23. The zero-order valence-corrected chi connectivity index (χ0v) is 7.91. The van der Waals surface area contributed by atoms with Crippen molar-refractivity contribution in [1.29, 1.82) is 0 Å². The number of hydrogen-bond donors (Lipinski definition) is 3. The molecule has 0 spiro atoms. The number of nitrogens with two attached hydrogens (primary N) is 1. The van der Waals surface area contributed by atoms with Gasteiger partial charge in [0.1, 0.15) is 12.1 Å². The van der Waals surface area contributed by atoms with Crippen LogP contribution in [0.15, 0.2) is 12.5 Å². The van der Waals surface area contributed by atoms with Gasteiger partial charge >= 0.3 is 0 Å². The van der Waals surface area contributed by atoms with Crippen molar-refractivity contribution in [3.05, 3.63) is 12.5 Å². The van der Waals surface area contributed by atoms with E-state index < -0.39 is 6.10 Å². The van der Waals surface area contributed by atoms with Crippen molar-refractivity contribution in [3.63, 3.8) is 0 Å². The largest absolute Gasteiger partial charge is 0.394 e. The van der Waals surface area contributed by atoms with E-state index >= 15 is 0 Å². The molecule has 0 amide bonds. The first kappa shape index (κ1) is 9.81. The van der Waals surface area contributed by atoms with Crippen molar-refractivity contribution < 1.29 is 10.2 Å². The zero-order valence-electron chi connectivity index (χ0n) is 7.91. The highest BCUT2D eigenvalue weighted by Crippen LogP contribution is 2.14. The maximum Gasteiger partial charge on any atom is 0.186 e. The number of hydrogen-bond acceptors (Lipinski definition) is 6. The van der Waals surface area contributed by atoms with Gasteiger partial charge in [-0.3, -0.25) is 4.68 Å². The monoisotopic (exact) mass is 209 g/mol. The van der Waals surface area contributed by atoms with Crippen LogP contribution in [0.3, 0.4) is 0 Å². The van der Waals surface area contributed by atoms with Crippen LogP contribution in [0.1, 0.15) is 0 Å². The highest BCUT2D eigenvalue weighted by Gasteiger charge is 2.08. The lowest BCUT2D eigenvalue weighted by Crippen LogP contribution is -2.19. The summed E-state index contributed by atoms with van der Waals surface area (Å²) in [6, 6.07) is 0. The molecule has 80 valence electrons. The molecule has 0 aromatic carbocycles. The van der Waals surface area contributed by atoms with Crippen LogP contribution in [0.25, 0.3) is 11.0 Å². The Balaban J connectivity index is 2.35. The zero-order chi connectivity index (χ0) is 10.8. The highest BCUT2D eigenvalue weighted by molar-refractivity contribution is 5.84. The fourth-order valence-corrected chi connectivity index (χ4v) is 1.27. The molecule has 0 radical (unpaired) electrons. The summed E-state index contributed by atoms with van der Waals surface area (Å²) in [5.41, 5.74) is 6.10.